The van der Waals surface area contributed by atoms with E-state index in [4.69, 9.17) is 9.47 Å². The van der Waals surface area contributed by atoms with E-state index in [-0.39, 0.29) is 18.6 Å². The lowest BCUT2D eigenvalue weighted by Crippen LogP contribution is -2.45. The van der Waals surface area contributed by atoms with E-state index in [0.29, 0.717) is 12.0 Å². The van der Waals surface area contributed by atoms with Crippen molar-refractivity contribution >= 4 is 5.91 Å². The Morgan fingerprint density at radius 2 is 1.89 bits per heavy atom. The topological polar surface area (TPSA) is 59.0 Å². The maximum Gasteiger partial charge on any atom is 0.248 e. The summed E-state index contributed by atoms with van der Waals surface area (Å²) in [5.74, 6) is 1.04. The Hall–Kier alpha value is -2.35. The standard InChI is InChI=1S/C28H40N4O3/c1-21-15-23(34-3)16-22(2)24(21)17-32-14-13-30-10-4-5-25(30)26(32)18-35-19-27(33)31-11-7-28(8-12-31)6-9-29-20-28/h4-5,10,15-16,26,29H,6-9,11-14,17-20H2,1-3H3. The number of hydrogen-bond acceptors (Lipinski definition) is 5. The predicted molar refractivity (Wildman–Crippen MR) is 137 cm³/mol. The van der Waals surface area contributed by atoms with Crippen LogP contribution in [-0.2, 0) is 22.6 Å². The van der Waals surface area contributed by atoms with Gasteiger partial charge in [-0.2, -0.15) is 0 Å². The van der Waals surface area contributed by atoms with Gasteiger partial charge in [-0.25, -0.2) is 0 Å². The summed E-state index contributed by atoms with van der Waals surface area (Å²) in [5, 5.41) is 3.50. The van der Waals surface area contributed by atoms with Gasteiger partial charge in [-0.05, 0) is 86.0 Å². The average Bonchev–Trinajstić information content (AvgIpc) is 3.52. The molecule has 5 rings (SSSR count). The number of methoxy groups -OCH3 is 1. The number of benzene rings is 1. The summed E-state index contributed by atoms with van der Waals surface area (Å²) in [4.78, 5) is 17.4. The number of carbonyl (C=O) groups excluding carboxylic acids is 1. The SMILES string of the molecule is COc1cc(C)c(CN2CCn3cccc3C2COCC(=O)N2CCC3(CCNC3)CC2)c(C)c1. The lowest BCUT2D eigenvalue weighted by atomic mass is 9.78. The van der Waals surface area contributed by atoms with Crippen molar-refractivity contribution in [3.63, 3.8) is 0 Å². The normalized spacial score (nSPS) is 21.9. The number of aromatic nitrogens is 1. The highest BCUT2D eigenvalue weighted by atomic mass is 16.5. The van der Waals surface area contributed by atoms with Crippen molar-refractivity contribution in [2.24, 2.45) is 5.41 Å². The van der Waals surface area contributed by atoms with E-state index in [1.807, 2.05) is 4.90 Å². The van der Waals surface area contributed by atoms with Gasteiger partial charge in [0.2, 0.25) is 5.91 Å². The van der Waals surface area contributed by atoms with Crippen molar-refractivity contribution in [3.05, 3.63) is 52.8 Å². The second-order valence-corrected chi connectivity index (χ2v) is 10.7. The summed E-state index contributed by atoms with van der Waals surface area (Å²) in [5.41, 5.74) is 5.52. The molecule has 2 aromatic rings. The van der Waals surface area contributed by atoms with E-state index in [9.17, 15) is 4.79 Å². The quantitative estimate of drug-likeness (QED) is 0.659. The smallest absolute Gasteiger partial charge is 0.248 e. The monoisotopic (exact) mass is 480 g/mol. The van der Waals surface area contributed by atoms with Crippen LogP contribution in [0.4, 0.5) is 0 Å². The number of aryl methyl sites for hydroxylation is 2. The van der Waals surface area contributed by atoms with Crippen LogP contribution in [0, 0.1) is 19.3 Å². The van der Waals surface area contributed by atoms with Gasteiger partial charge in [0.25, 0.3) is 0 Å². The molecule has 3 aliphatic heterocycles. The first-order valence-corrected chi connectivity index (χ1v) is 13.1. The summed E-state index contributed by atoms with van der Waals surface area (Å²) >= 11 is 0. The third-order valence-electron chi connectivity index (χ3n) is 8.55. The summed E-state index contributed by atoms with van der Waals surface area (Å²) in [6.45, 7) is 11.7. The number of amides is 1. The van der Waals surface area contributed by atoms with Gasteiger partial charge in [0.1, 0.15) is 12.4 Å². The molecule has 4 heterocycles. The second kappa shape index (κ2) is 10.3. The molecule has 3 aliphatic rings. The lowest BCUT2D eigenvalue weighted by Gasteiger charge is -2.39. The Morgan fingerprint density at radius 3 is 2.57 bits per heavy atom. The molecule has 35 heavy (non-hydrogen) atoms. The number of hydrogen-bond donors (Lipinski definition) is 1. The minimum absolute atomic E-state index is 0.127. The predicted octanol–water partition coefficient (Wildman–Crippen LogP) is 3.29. The van der Waals surface area contributed by atoms with Crippen molar-refractivity contribution in [2.45, 2.75) is 52.2 Å². The number of nitrogens with one attached hydrogen (secondary N) is 1. The van der Waals surface area contributed by atoms with E-state index in [1.165, 1.54) is 28.8 Å². The molecule has 7 heteroatoms. The Kier molecular flexibility index (Phi) is 7.19. The summed E-state index contributed by atoms with van der Waals surface area (Å²) in [6, 6.07) is 8.66. The molecule has 1 spiro atoms. The molecular weight excluding hydrogens is 440 g/mol. The minimum atomic E-state index is 0.127. The molecule has 0 bridgehead atoms. The van der Waals surface area contributed by atoms with E-state index in [2.05, 4.69) is 59.1 Å². The van der Waals surface area contributed by atoms with Crippen molar-refractivity contribution in [2.75, 3.05) is 53.0 Å². The van der Waals surface area contributed by atoms with Crippen LogP contribution in [0.15, 0.2) is 30.5 Å². The van der Waals surface area contributed by atoms with Crippen LogP contribution >= 0.6 is 0 Å². The number of carbonyl (C=O) groups is 1. The van der Waals surface area contributed by atoms with Gasteiger partial charge in [0.05, 0.1) is 19.8 Å². The van der Waals surface area contributed by atoms with Crippen LogP contribution < -0.4 is 10.1 Å². The zero-order valence-electron chi connectivity index (χ0n) is 21.5. The molecule has 0 aliphatic carbocycles. The van der Waals surface area contributed by atoms with E-state index < -0.39 is 0 Å². The van der Waals surface area contributed by atoms with Gasteiger partial charge in [-0.15, -0.1) is 0 Å². The maximum absolute atomic E-state index is 12.9. The highest BCUT2D eigenvalue weighted by molar-refractivity contribution is 5.77. The van der Waals surface area contributed by atoms with Crippen LogP contribution in [0.3, 0.4) is 0 Å². The highest BCUT2D eigenvalue weighted by Gasteiger charge is 2.38. The number of likely N-dealkylation sites (tertiary alicyclic amines) is 1. The van der Waals surface area contributed by atoms with Crippen LogP contribution in [0.1, 0.15) is 47.7 Å². The largest absolute Gasteiger partial charge is 0.497 e. The molecule has 0 radical (unpaired) electrons. The molecule has 1 amide bonds. The Bertz CT molecular complexity index is 1010. The second-order valence-electron chi connectivity index (χ2n) is 10.7. The number of fused-ring (bicyclic) bond motifs is 1. The molecule has 7 nitrogen and oxygen atoms in total. The fourth-order valence-electron chi connectivity index (χ4n) is 6.22. The molecule has 2 fully saturated rings. The first-order valence-electron chi connectivity index (χ1n) is 13.1. The number of rotatable bonds is 7. The summed E-state index contributed by atoms with van der Waals surface area (Å²) in [7, 11) is 1.72. The van der Waals surface area contributed by atoms with Crippen molar-refractivity contribution < 1.29 is 14.3 Å². The molecule has 1 atom stereocenters. The van der Waals surface area contributed by atoms with Crippen LogP contribution in [-0.4, -0.2) is 73.3 Å². The molecule has 1 N–H and O–H groups in total. The van der Waals surface area contributed by atoms with Crippen molar-refractivity contribution in [3.8, 4) is 5.75 Å². The molecule has 0 saturated carbocycles. The fourth-order valence-corrected chi connectivity index (χ4v) is 6.22. The molecule has 1 unspecified atom stereocenters. The van der Waals surface area contributed by atoms with Gasteiger partial charge < -0.3 is 24.3 Å². The maximum atomic E-state index is 12.9. The Labute approximate surface area is 209 Å². The molecule has 190 valence electrons. The van der Waals surface area contributed by atoms with Gasteiger partial charge in [-0.3, -0.25) is 9.69 Å². The van der Waals surface area contributed by atoms with Gasteiger partial charge >= 0.3 is 0 Å². The average molecular weight is 481 g/mol. The van der Waals surface area contributed by atoms with E-state index in [1.54, 1.807) is 7.11 Å². The zero-order valence-corrected chi connectivity index (χ0v) is 21.5. The van der Waals surface area contributed by atoms with Gasteiger partial charge in [0, 0.05) is 51.2 Å². The lowest BCUT2D eigenvalue weighted by molar-refractivity contribution is -0.139. The van der Waals surface area contributed by atoms with Crippen molar-refractivity contribution in [1.29, 1.82) is 0 Å². The van der Waals surface area contributed by atoms with Crippen LogP contribution in [0.5, 0.6) is 5.75 Å². The molecular formula is C28H40N4O3. The molecule has 2 saturated heterocycles. The summed E-state index contributed by atoms with van der Waals surface area (Å²) in [6.07, 6.45) is 5.61. The van der Waals surface area contributed by atoms with E-state index in [0.717, 1.165) is 64.4 Å². The number of ether oxygens (including phenoxy) is 2. The third-order valence-corrected chi connectivity index (χ3v) is 8.55. The Balaban J connectivity index is 1.21. The third kappa shape index (κ3) is 5.13. The van der Waals surface area contributed by atoms with Crippen molar-refractivity contribution in [1.82, 2.24) is 19.7 Å². The molecule has 1 aromatic heterocycles. The van der Waals surface area contributed by atoms with Crippen LogP contribution in [0.2, 0.25) is 0 Å². The number of nitrogens with zero attached hydrogens (tertiary/aromatic N) is 3. The van der Waals surface area contributed by atoms with Crippen LogP contribution in [0.25, 0.3) is 0 Å². The zero-order chi connectivity index (χ0) is 24.4. The first kappa shape index (κ1) is 24.3. The van der Waals surface area contributed by atoms with Gasteiger partial charge in [0.15, 0.2) is 0 Å². The highest BCUT2D eigenvalue weighted by Crippen LogP contribution is 2.37. The minimum Gasteiger partial charge on any atom is -0.497 e. The fraction of sp³-hybridized carbons (Fsp3) is 0.607. The van der Waals surface area contributed by atoms with E-state index >= 15 is 0 Å². The Morgan fingerprint density at radius 1 is 1.11 bits per heavy atom. The van der Waals surface area contributed by atoms with Gasteiger partial charge in [-0.1, -0.05) is 0 Å². The first-order chi connectivity index (χ1) is 17.0. The number of piperidine rings is 1. The molecule has 1 aromatic carbocycles. The summed E-state index contributed by atoms with van der Waals surface area (Å²) < 4.78 is 13.9.